The molecule has 134 valence electrons. The fourth-order valence-corrected chi connectivity index (χ4v) is 4.04. The summed E-state index contributed by atoms with van der Waals surface area (Å²) in [5.74, 6) is 1.31. The number of Topliss-reactive ketones (excluding diaryl/α,β-unsaturated/α-hetero) is 1. The summed E-state index contributed by atoms with van der Waals surface area (Å²) in [6.07, 6.45) is 4.25. The van der Waals surface area contributed by atoms with Gasteiger partial charge in [-0.15, -0.1) is 10.2 Å². The van der Waals surface area contributed by atoms with Crippen LogP contribution in [0.2, 0.25) is 0 Å². The minimum atomic E-state index is 0.0590. The van der Waals surface area contributed by atoms with Crippen molar-refractivity contribution in [1.29, 1.82) is 0 Å². The molecule has 0 unspecified atom stereocenters. The lowest BCUT2D eigenvalue weighted by molar-refractivity contribution is 0.101. The van der Waals surface area contributed by atoms with Gasteiger partial charge in [0.15, 0.2) is 16.8 Å². The van der Waals surface area contributed by atoms with Gasteiger partial charge in [-0.3, -0.25) is 14.3 Å². The predicted octanol–water partition coefficient (Wildman–Crippen LogP) is 3.17. The van der Waals surface area contributed by atoms with Gasteiger partial charge >= 0.3 is 0 Å². The molecule has 0 saturated carbocycles. The van der Waals surface area contributed by atoms with Crippen LogP contribution in [0.4, 0.5) is 0 Å². The van der Waals surface area contributed by atoms with Gasteiger partial charge < -0.3 is 4.98 Å². The molecule has 3 heterocycles. The third-order valence-electron chi connectivity index (χ3n) is 4.51. The van der Waals surface area contributed by atoms with Gasteiger partial charge in [0.25, 0.3) is 0 Å². The van der Waals surface area contributed by atoms with Crippen molar-refractivity contribution in [3.63, 3.8) is 0 Å². The third-order valence-corrected chi connectivity index (χ3v) is 5.44. The fourth-order valence-electron chi connectivity index (χ4n) is 3.18. The highest BCUT2D eigenvalue weighted by Gasteiger charge is 2.20. The van der Waals surface area contributed by atoms with Crippen LogP contribution in [0.5, 0.6) is 0 Å². The molecule has 0 bridgehead atoms. The molecule has 3 aromatic rings. The molecular weight excluding hydrogens is 346 g/mol. The Kier molecular flexibility index (Phi) is 5.17. The second kappa shape index (κ2) is 7.88. The van der Waals surface area contributed by atoms with E-state index < -0.39 is 0 Å². The number of ketones is 1. The molecule has 6 nitrogen and oxygen atoms in total. The Labute approximate surface area is 156 Å². The maximum atomic E-state index is 12.3. The van der Waals surface area contributed by atoms with Crippen LogP contribution in [-0.2, 0) is 6.54 Å². The summed E-state index contributed by atoms with van der Waals surface area (Å²) in [5.41, 5.74) is 1.65. The Balaban J connectivity index is 1.57. The summed E-state index contributed by atoms with van der Waals surface area (Å²) in [4.78, 5) is 17.7. The first-order chi connectivity index (χ1) is 12.8. The number of aromatic nitrogens is 4. The summed E-state index contributed by atoms with van der Waals surface area (Å²) in [6, 6.07) is 13.7. The summed E-state index contributed by atoms with van der Waals surface area (Å²) < 4.78 is 2.07. The number of nitrogens with one attached hydrogen (secondary N) is 1. The molecule has 0 atom stereocenters. The average molecular weight is 367 g/mol. The quantitative estimate of drug-likeness (QED) is 0.513. The summed E-state index contributed by atoms with van der Waals surface area (Å²) in [7, 11) is 0. The van der Waals surface area contributed by atoms with E-state index in [2.05, 4.69) is 24.6 Å². The maximum Gasteiger partial charge on any atom is 0.196 e. The zero-order valence-corrected chi connectivity index (χ0v) is 15.3. The lowest BCUT2D eigenvalue weighted by Gasteiger charge is -2.15. The number of benzene rings is 1. The van der Waals surface area contributed by atoms with E-state index in [4.69, 9.17) is 0 Å². The number of para-hydroxylation sites is 1. The highest BCUT2D eigenvalue weighted by atomic mass is 32.2. The average Bonchev–Trinajstić information content (AvgIpc) is 3.43. The number of hydrogen-bond donors (Lipinski definition) is 1. The predicted molar refractivity (Wildman–Crippen MR) is 102 cm³/mol. The molecule has 1 saturated heterocycles. The molecule has 1 N–H and O–H groups in total. The minimum Gasteiger partial charge on any atom is -0.359 e. The van der Waals surface area contributed by atoms with E-state index in [1.165, 1.54) is 24.6 Å². The van der Waals surface area contributed by atoms with Gasteiger partial charge in [-0.25, -0.2) is 0 Å². The molecule has 7 heteroatoms. The molecule has 1 fully saturated rings. The number of aromatic amines is 1. The first-order valence-corrected chi connectivity index (χ1v) is 9.81. The topological polar surface area (TPSA) is 66.8 Å². The van der Waals surface area contributed by atoms with E-state index in [0.717, 1.165) is 36.3 Å². The van der Waals surface area contributed by atoms with Crippen molar-refractivity contribution in [3.05, 3.63) is 60.2 Å². The highest BCUT2D eigenvalue weighted by molar-refractivity contribution is 7.99. The molecular formula is C19H21N5OS. The molecule has 1 aromatic carbocycles. The van der Waals surface area contributed by atoms with Gasteiger partial charge in [0, 0.05) is 11.9 Å². The minimum absolute atomic E-state index is 0.0590. The lowest BCUT2D eigenvalue weighted by atomic mass is 10.3. The number of likely N-dealkylation sites (tertiary alicyclic amines) is 1. The fraction of sp³-hybridized carbons (Fsp3) is 0.316. The van der Waals surface area contributed by atoms with Crippen molar-refractivity contribution in [2.75, 3.05) is 18.8 Å². The summed E-state index contributed by atoms with van der Waals surface area (Å²) in [5, 5.41) is 9.56. The number of carbonyl (C=O) groups excluding carboxylic acids is 1. The summed E-state index contributed by atoms with van der Waals surface area (Å²) in [6.45, 7) is 3.00. The number of thioether (sulfide) groups is 1. The normalized spacial score (nSPS) is 14.8. The largest absolute Gasteiger partial charge is 0.359 e. The van der Waals surface area contributed by atoms with E-state index in [-0.39, 0.29) is 5.78 Å². The molecule has 0 amide bonds. The second-order valence-corrected chi connectivity index (χ2v) is 7.29. The Bertz CT molecular complexity index is 853. The lowest BCUT2D eigenvalue weighted by Crippen LogP contribution is -2.21. The molecule has 0 aliphatic carbocycles. The van der Waals surface area contributed by atoms with Gasteiger partial charge in [-0.1, -0.05) is 30.0 Å². The van der Waals surface area contributed by atoms with Crippen molar-refractivity contribution in [1.82, 2.24) is 24.6 Å². The van der Waals surface area contributed by atoms with E-state index in [1.807, 2.05) is 36.4 Å². The van der Waals surface area contributed by atoms with Crippen LogP contribution in [0.3, 0.4) is 0 Å². The van der Waals surface area contributed by atoms with Crippen molar-refractivity contribution < 1.29 is 4.79 Å². The van der Waals surface area contributed by atoms with Crippen LogP contribution < -0.4 is 0 Å². The standard InChI is InChI=1S/C19H21N5OS/c25-17(16-9-6-10-20-16)14-26-19-22-21-18(13-23-11-4-5-12-23)24(19)15-7-2-1-3-8-15/h1-3,6-10,20H,4-5,11-14H2. The third kappa shape index (κ3) is 3.73. The van der Waals surface area contributed by atoms with Gasteiger partial charge in [0.1, 0.15) is 0 Å². The number of carbonyl (C=O) groups is 1. The number of hydrogen-bond acceptors (Lipinski definition) is 5. The highest BCUT2D eigenvalue weighted by Crippen LogP contribution is 2.24. The van der Waals surface area contributed by atoms with Crippen LogP contribution in [0.15, 0.2) is 53.8 Å². The molecule has 0 spiro atoms. The van der Waals surface area contributed by atoms with Crippen molar-refractivity contribution in [3.8, 4) is 5.69 Å². The maximum absolute atomic E-state index is 12.3. The summed E-state index contributed by atoms with van der Waals surface area (Å²) >= 11 is 1.43. The van der Waals surface area contributed by atoms with Gasteiger partial charge in [0.05, 0.1) is 18.0 Å². The van der Waals surface area contributed by atoms with Crippen LogP contribution in [-0.4, -0.2) is 49.3 Å². The monoisotopic (exact) mass is 367 g/mol. The number of nitrogens with zero attached hydrogens (tertiary/aromatic N) is 4. The van der Waals surface area contributed by atoms with E-state index in [1.54, 1.807) is 12.3 Å². The molecule has 1 aliphatic heterocycles. The van der Waals surface area contributed by atoms with E-state index >= 15 is 0 Å². The first kappa shape index (κ1) is 17.1. The van der Waals surface area contributed by atoms with Crippen LogP contribution in [0, 0.1) is 0 Å². The Morgan fingerprint density at radius 3 is 2.62 bits per heavy atom. The SMILES string of the molecule is O=C(CSc1nnc(CN2CCCC2)n1-c1ccccc1)c1ccc[nH]1. The second-order valence-electron chi connectivity index (χ2n) is 6.35. The van der Waals surface area contributed by atoms with Crippen LogP contribution in [0.1, 0.15) is 29.2 Å². The first-order valence-electron chi connectivity index (χ1n) is 8.83. The number of rotatable bonds is 7. The van der Waals surface area contributed by atoms with Crippen molar-refractivity contribution in [2.24, 2.45) is 0 Å². The van der Waals surface area contributed by atoms with Crippen LogP contribution in [0.25, 0.3) is 5.69 Å². The zero-order chi connectivity index (χ0) is 17.8. The van der Waals surface area contributed by atoms with Crippen molar-refractivity contribution in [2.45, 2.75) is 24.5 Å². The molecule has 1 aliphatic rings. The Morgan fingerprint density at radius 1 is 1.08 bits per heavy atom. The van der Waals surface area contributed by atoms with Gasteiger partial charge in [-0.05, 0) is 50.2 Å². The molecule has 26 heavy (non-hydrogen) atoms. The molecule has 4 rings (SSSR count). The van der Waals surface area contributed by atoms with Crippen LogP contribution >= 0.6 is 11.8 Å². The zero-order valence-electron chi connectivity index (χ0n) is 14.5. The molecule has 2 aromatic heterocycles. The smallest absolute Gasteiger partial charge is 0.196 e. The van der Waals surface area contributed by atoms with Crippen molar-refractivity contribution >= 4 is 17.5 Å². The van der Waals surface area contributed by atoms with E-state index in [9.17, 15) is 4.79 Å². The van der Waals surface area contributed by atoms with E-state index in [0.29, 0.717) is 11.4 Å². The molecule has 0 radical (unpaired) electrons. The van der Waals surface area contributed by atoms with Gasteiger partial charge in [-0.2, -0.15) is 0 Å². The Morgan fingerprint density at radius 2 is 1.88 bits per heavy atom. The Hall–Kier alpha value is -2.38. The number of H-pyrrole nitrogens is 1. The van der Waals surface area contributed by atoms with Gasteiger partial charge in [0.2, 0.25) is 0 Å².